The summed E-state index contributed by atoms with van der Waals surface area (Å²) in [6, 6.07) is 3.43. The molecule has 90 valence electrons. The van der Waals surface area contributed by atoms with Crippen LogP contribution in [0.4, 0.5) is 0 Å². The second-order valence-corrected chi connectivity index (χ2v) is 9.01. The lowest BCUT2D eigenvalue weighted by atomic mass is 10.2. The van der Waals surface area contributed by atoms with Gasteiger partial charge >= 0.3 is 0 Å². The number of rotatable bonds is 3. The Morgan fingerprint density at radius 3 is 2.75 bits per heavy atom. The highest BCUT2D eigenvalue weighted by molar-refractivity contribution is 9.11. The molecule has 0 N–H and O–H groups in total. The van der Waals surface area contributed by atoms with Crippen molar-refractivity contribution in [3.05, 3.63) is 15.9 Å². The predicted molar refractivity (Wildman–Crippen MR) is 72.7 cm³/mol. The fraction of sp³-hybridized carbons (Fsp3) is 0.556. The largest absolute Gasteiger partial charge is 0.252 e. The molecule has 0 bridgehead atoms. The van der Waals surface area contributed by atoms with Gasteiger partial charge in [0.1, 0.15) is 4.21 Å². The number of halogens is 2. The number of alkyl halides is 1. The molecular weight excluding hydrogens is 378 g/mol. The summed E-state index contributed by atoms with van der Waals surface area (Å²) in [4.78, 5) is 0. The predicted octanol–water partition coefficient (Wildman–Crippen LogP) is 2.92. The topological polar surface area (TPSA) is 37.4 Å². The average Bonchev–Trinajstić information content (AvgIpc) is 2.85. The molecule has 1 atom stereocenters. The summed E-state index contributed by atoms with van der Waals surface area (Å²) in [5.74, 6) is 0.443. The van der Waals surface area contributed by atoms with E-state index in [1.807, 2.05) is 0 Å². The molecule has 3 nitrogen and oxygen atoms in total. The smallest absolute Gasteiger partial charge is 0.206 e. The summed E-state index contributed by atoms with van der Waals surface area (Å²) in [7, 11) is -3.26. The lowest BCUT2D eigenvalue weighted by Crippen LogP contribution is -2.28. The fourth-order valence-electron chi connectivity index (χ4n) is 1.70. The van der Waals surface area contributed by atoms with Gasteiger partial charge in [0.2, 0.25) is 0 Å². The molecule has 1 aliphatic rings. The Labute approximate surface area is 116 Å². The first-order chi connectivity index (χ1) is 7.54. The van der Waals surface area contributed by atoms with Gasteiger partial charge in [-0.15, -0.1) is 11.3 Å². The van der Waals surface area contributed by atoms with Crippen molar-refractivity contribution in [1.29, 1.82) is 0 Å². The van der Waals surface area contributed by atoms with E-state index in [2.05, 4.69) is 31.9 Å². The van der Waals surface area contributed by atoms with Crippen LogP contribution >= 0.6 is 43.2 Å². The van der Waals surface area contributed by atoms with Crippen LogP contribution in [-0.2, 0) is 10.0 Å². The summed E-state index contributed by atoms with van der Waals surface area (Å²) in [6.07, 6.45) is 0.941. The van der Waals surface area contributed by atoms with Gasteiger partial charge in [0.25, 0.3) is 10.0 Å². The molecule has 0 aliphatic carbocycles. The summed E-state index contributed by atoms with van der Waals surface area (Å²) >= 11 is 7.96. The first-order valence-electron chi connectivity index (χ1n) is 4.85. The van der Waals surface area contributed by atoms with Gasteiger partial charge in [0.15, 0.2) is 0 Å². The van der Waals surface area contributed by atoms with E-state index in [0.717, 1.165) is 15.5 Å². The number of hydrogen-bond acceptors (Lipinski definition) is 3. The van der Waals surface area contributed by atoms with Crippen LogP contribution < -0.4 is 0 Å². The molecule has 1 aromatic heterocycles. The monoisotopic (exact) mass is 387 g/mol. The quantitative estimate of drug-likeness (QED) is 0.746. The lowest BCUT2D eigenvalue weighted by Gasteiger charge is -2.14. The van der Waals surface area contributed by atoms with Gasteiger partial charge in [-0.05, 0) is 40.4 Å². The second-order valence-electron chi connectivity index (χ2n) is 3.73. The molecule has 0 saturated carbocycles. The average molecular weight is 389 g/mol. The molecule has 2 heterocycles. The van der Waals surface area contributed by atoms with Crippen molar-refractivity contribution in [2.45, 2.75) is 10.6 Å². The Morgan fingerprint density at radius 2 is 2.25 bits per heavy atom. The van der Waals surface area contributed by atoms with Gasteiger partial charge in [-0.1, -0.05) is 15.9 Å². The van der Waals surface area contributed by atoms with Crippen molar-refractivity contribution < 1.29 is 8.42 Å². The Balaban J connectivity index is 2.21. The van der Waals surface area contributed by atoms with E-state index in [9.17, 15) is 8.42 Å². The summed E-state index contributed by atoms with van der Waals surface area (Å²) in [6.45, 7) is 1.26. The third-order valence-corrected chi connectivity index (χ3v) is 7.48. The highest BCUT2D eigenvalue weighted by Crippen LogP contribution is 2.31. The Morgan fingerprint density at radius 1 is 1.50 bits per heavy atom. The van der Waals surface area contributed by atoms with Crippen LogP contribution in [-0.4, -0.2) is 31.1 Å². The normalized spacial score (nSPS) is 22.8. The Hall–Kier alpha value is 0.570. The van der Waals surface area contributed by atoms with Gasteiger partial charge in [-0.2, -0.15) is 4.31 Å². The number of hydrogen-bond donors (Lipinski definition) is 0. The third-order valence-electron chi connectivity index (χ3n) is 2.61. The van der Waals surface area contributed by atoms with E-state index in [1.165, 1.54) is 11.3 Å². The van der Waals surface area contributed by atoms with E-state index >= 15 is 0 Å². The zero-order chi connectivity index (χ0) is 11.8. The molecule has 1 saturated heterocycles. The fourth-order valence-corrected chi connectivity index (χ4v) is 5.93. The summed E-state index contributed by atoms with van der Waals surface area (Å²) in [5, 5.41) is 0.868. The van der Waals surface area contributed by atoms with E-state index in [1.54, 1.807) is 16.4 Å². The maximum Gasteiger partial charge on any atom is 0.252 e. The number of thiophene rings is 1. The van der Waals surface area contributed by atoms with Crippen LogP contribution in [0.1, 0.15) is 6.42 Å². The molecule has 0 aromatic carbocycles. The zero-order valence-electron chi connectivity index (χ0n) is 8.40. The Kier molecular flexibility index (Phi) is 4.11. The van der Waals surface area contributed by atoms with Crippen LogP contribution in [0.15, 0.2) is 20.1 Å². The Bertz CT molecular complexity index is 472. The van der Waals surface area contributed by atoms with Crippen molar-refractivity contribution in [1.82, 2.24) is 4.31 Å². The van der Waals surface area contributed by atoms with Crippen LogP contribution in [0.3, 0.4) is 0 Å². The van der Waals surface area contributed by atoms with Crippen molar-refractivity contribution in [2.24, 2.45) is 5.92 Å². The molecule has 7 heteroatoms. The van der Waals surface area contributed by atoms with Crippen molar-refractivity contribution >= 4 is 53.2 Å². The highest BCUT2D eigenvalue weighted by atomic mass is 79.9. The number of nitrogens with zero attached hydrogens (tertiary/aromatic N) is 1. The molecule has 0 amide bonds. The molecule has 1 fully saturated rings. The van der Waals surface area contributed by atoms with Gasteiger partial charge in [0.05, 0.1) is 3.79 Å². The van der Waals surface area contributed by atoms with Crippen LogP contribution in [0, 0.1) is 5.92 Å². The van der Waals surface area contributed by atoms with Crippen LogP contribution in [0.25, 0.3) is 0 Å². The summed E-state index contributed by atoms with van der Waals surface area (Å²) < 4.78 is 27.3. The second kappa shape index (κ2) is 5.06. The molecule has 0 radical (unpaired) electrons. The van der Waals surface area contributed by atoms with Crippen LogP contribution in [0.5, 0.6) is 0 Å². The van der Waals surface area contributed by atoms with E-state index < -0.39 is 10.0 Å². The van der Waals surface area contributed by atoms with Crippen LogP contribution in [0.2, 0.25) is 0 Å². The molecule has 0 spiro atoms. The minimum atomic E-state index is -3.26. The lowest BCUT2D eigenvalue weighted by molar-refractivity contribution is 0.467. The van der Waals surface area contributed by atoms with E-state index in [0.29, 0.717) is 23.2 Å². The first-order valence-corrected chi connectivity index (χ1v) is 9.02. The minimum absolute atomic E-state index is 0.426. The minimum Gasteiger partial charge on any atom is -0.206 e. The summed E-state index contributed by atoms with van der Waals surface area (Å²) in [5.41, 5.74) is 0. The van der Waals surface area contributed by atoms with Gasteiger partial charge in [-0.25, -0.2) is 8.42 Å². The van der Waals surface area contributed by atoms with Gasteiger partial charge < -0.3 is 0 Å². The maximum absolute atomic E-state index is 12.2. The van der Waals surface area contributed by atoms with Crippen molar-refractivity contribution in [3.63, 3.8) is 0 Å². The van der Waals surface area contributed by atoms with Gasteiger partial charge in [-0.3, -0.25) is 0 Å². The molecule has 16 heavy (non-hydrogen) atoms. The van der Waals surface area contributed by atoms with Crippen molar-refractivity contribution in [3.8, 4) is 0 Å². The first kappa shape index (κ1) is 13.0. The maximum atomic E-state index is 12.2. The third kappa shape index (κ3) is 2.53. The highest BCUT2D eigenvalue weighted by Gasteiger charge is 2.32. The number of sulfonamides is 1. The molecule has 1 unspecified atom stereocenters. The standard InChI is InChI=1S/C9H11Br2NO2S2/c10-5-7-3-4-12(6-7)16(13,14)9-2-1-8(11)15-9/h1-2,7H,3-6H2. The SMILES string of the molecule is O=S(=O)(c1ccc(Br)s1)N1CCC(CBr)C1. The van der Waals surface area contributed by atoms with Crippen molar-refractivity contribution in [2.75, 3.05) is 18.4 Å². The molecular formula is C9H11Br2NO2S2. The van der Waals surface area contributed by atoms with E-state index in [4.69, 9.17) is 0 Å². The van der Waals surface area contributed by atoms with Gasteiger partial charge in [0, 0.05) is 18.4 Å². The molecule has 1 aromatic rings. The molecule has 2 rings (SSSR count). The molecule has 1 aliphatic heterocycles. The van der Waals surface area contributed by atoms with E-state index in [-0.39, 0.29) is 0 Å². The zero-order valence-corrected chi connectivity index (χ0v) is 13.2.